The largest absolute Gasteiger partial charge is 0.497 e. The van der Waals surface area contributed by atoms with Crippen LogP contribution in [0.1, 0.15) is 70.2 Å². The standard InChI is InChI=1S/C27H43N3O6/c1-6-7-8-21(17-30(35)18-31)25(33)28-24(27(2,3)4)26(34)29-15-13-20(14-16-29)23(32)19-9-11-22(36-5)12-10-19/h9-12,20-21,24,31,35H,6-8,13-18H2,1-5H3,(H,28,33)/t21-,24-/m1/s1. The molecule has 1 aliphatic heterocycles. The van der Waals surface area contributed by atoms with Crippen molar-refractivity contribution in [3.8, 4) is 5.75 Å². The SMILES string of the molecule is CCCC[C@H](CN(O)CO)C(=O)N[C@H](C(=O)N1CCC(C(=O)c2ccc(OC)cc2)CC1)C(C)(C)C. The van der Waals surface area contributed by atoms with Gasteiger partial charge in [0.1, 0.15) is 18.5 Å². The summed E-state index contributed by atoms with van der Waals surface area (Å²) in [5, 5.41) is 22.6. The number of methoxy groups -OCH3 is 1. The zero-order chi connectivity index (χ0) is 26.9. The van der Waals surface area contributed by atoms with E-state index in [4.69, 9.17) is 4.74 Å². The second-order valence-electron chi connectivity index (χ2n) is 10.7. The number of ether oxygens (including phenoxy) is 1. The topological polar surface area (TPSA) is 119 Å². The Kier molecular flexibility index (Phi) is 11.3. The molecule has 202 valence electrons. The van der Waals surface area contributed by atoms with Gasteiger partial charge >= 0.3 is 0 Å². The molecule has 1 aromatic rings. The van der Waals surface area contributed by atoms with E-state index in [2.05, 4.69) is 5.32 Å². The first-order valence-electron chi connectivity index (χ1n) is 12.8. The summed E-state index contributed by atoms with van der Waals surface area (Å²) in [4.78, 5) is 41.3. The number of carbonyl (C=O) groups is 3. The van der Waals surface area contributed by atoms with Crippen molar-refractivity contribution in [2.45, 2.75) is 65.8 Å². The third-order valence-corrected chi connectivity index (χ3v) is 6.82. The average molecular weight is 506 g/mol. The molecule has 36 heavy (non-hydrogen) atoms. The number of unbranched alkanes of at least 4 members (excludes halogenated alkanes) is 1. The molecule has 2 amide bonds. The number of piperidine rings is 1. The third kappa shape index (κ3) is 8.28. The minimum Gasteiger partial charge on any atom is -0.497 e. The summed E-state index contributed by atoms with van der Waals surface area (Å²) >= 11 is 0. The second kappa shape index (κ2) is 13.7. The van der Waals surface area contributed by atoms with Crippen LogP contribution in [-0.2, 0) is 9.59 Å². The summed E-state index contributed by atoms with van der Waals surface area (Å²) in [5.74, 6) is -0.411. The Morgan fingerprint density at radius 3 is 2.28 bits per heavy atom. The van der Waals surface area contributed by atoms with Crippen molar-refractivity contribution in [1.82, 2.24) is 15.3 Å². The summed E-state index contributed by atoms with van der Waals surface area (Å²) in [5.41, 5.74) is 0.104. The number of nitrogens with zero attached hydrogens (tertiary/aromatic N) is 2. The fourth-order valence-electron chi connectivity index (χ4n) is 4.51. The van der Waals surface area contributed by atoms with E-state index in [9.17, 15) is 24.7 Å². The molecule has 0 saturated carbocycles. The fraction of sp³-hybridized carbons (Fsp3) is 0.667. The lowest BCUT2D eigenvalue weighted by Gasteiger charge is -2.38. The zero-order valence-corrected chi connectivity index (χ0v) is 22.3. The number of benzene rings is 1. The van der Waals surface area contributed by atoms with Gasteiger partial charge in [0, 0.05) is 31.1 Å². The molecule has 2 rings (SSSR count). The summed E-state index contributed by atoms with van der Waals surface area (Å²) in [6.45, 7) is 8.05. The summed E-state index contributed by atoms with van der Waals surface area (Å²) < 4.78 is 5.16. The van der Waals surface area contributed by atoms with Crippen LogP contribution in [0, 0.1) is 17.3 Å². The summed E-state index contributed by atoms with van der Waals surface area (Å²) in [6, 6.07) is 6.33. The molecule has 0 bridgehead atoms. The van der Waals surface area contributed by atoms with Crippen molar-refractivity contribution in [1.29, 1.82) is 0 Å². The van der Waals surface area contributed by atoms with E-state index in [1.165, 1.54) is 0 Å². The van der Waals surface area contributed by atoms with Crippen molar-refractivity contribution in [3.05, 3.63) is 29.8 Å². The van der Waals surface area contributed by atoms with Gasteiger partial charge in [-0.15, -0.1) is 0 Å². The zero-order valence-electron chi connectivity index (χ0n) is 22.3. The molecule has 1 heterocycles. The lowest BCUT2D eigenvalue weighted by Crippen LogP contribution is -2.57. The lowest BCUT2D eigenvalue weighted by atomic mass is 9.83. The molecule has 2 atom stereocenters. The number of nitrogens with one attached hydrogen (secondary N) is 1. The fourth-order valence-corrected chi connectivity index (χ4v) is 4.51. The molecule has 1 aliphatic rings. The molecule has 9 nitrogen and oxygen atoms in total. The predicted molar refractivity (Wildman–Crippen MR) is 137 cm³/mol. The smallest absolute Gasteiger partial charge is 0.245 e. The van der Waals surface area contributed by atoms with Crippen molar-refractivity contribution in [3.63, 3.8) is 0 Å². The molecule has 0 aliphatic carbocycles. The van der Waals surface area contributed by atoms with Gasteiger partial charge in [-0.1, -0.05) is 40.5 Å². The molecule has 1 fully saturated rings. The molecule has 0 spiro atoms. The van der Waals surface area contributed by atoms with Gasteiger partial charge < -0.3 is 25.3 Å². The average Bonchev–Trinajstić information content (AvgIpc) is 2.87. The van der Waals surface area contributed by atoms with E-state index in [1.807, 2.05) is 27.7 Å². The van der Waals surface area contributed by atoms with Crippen LogP contribution in [-0.4, -0.2) is 77.4 Å². The van der Waals surface area contributed by atoms with Crippen LogP contribution in [0.15, 0.2) is 24.3 Å². The van der Waals surface area contributed by atoms with Crippen molar-refractivity contribution >= 4 is 17.6 Å². The number of amides is 2. The maximum atomic E-state index is 13.5. The first kappa shape index (κ1) is 29.7. The maximum Gasteiger partial charge on any atom is 0.245 e. The number of aliphatic hydroxyl groups excluding tert-OH is 1. The van der Waals surface area contributed by atoms with E-state index in [-0.39, 0.29) is 30.1 Å². The number of hydroxylamine groups is 2. The van der Waals surface area contributed by atoms with Gasteiger partial charge in [0.25, 0.3) is 0 Å². The van der Waals surface area contributed by atoms with Crippen molar-refractivity contribution < 1.29 is 29.4 Å². The van der Waals surface area contributed by atoms with E-state index < -0.39 is 24.1 Å². The molecule has 3 N–H and O–H groups in total. The minimum absolute atomic E-state index is 0.00769. The van der Waals surface area contributed by atoms with Crippen LogP contribution in [0.3, 0.4) is 0 Å². The number of likely N-dealkylation sites (tertiary alicyclic amines) is 1. The first-order valence-corrected chi connectivity index (χ1v) is 12.8. The molecular formula is C27H43N3O6. The number of rotatable bonds is 12. The van der Waals surface area contributed by atoms with E-state index in [0.29, 0.717) is 48.7 Å². The quantitative estimate of drug-likeness (QED) is 0.227. The Balaban J connectivity index is 2.04. The maximum absolute atomic E-state index is 13.5. The van der Waals surface area contributed by atoms with Gasteiger partial charge in [0.2, 0.25) is 11.8 Å². The minimum atomic E-state index is -0.746. The van der Waals surface area contributed by atoms with Crippen molar-refractivity contribution in [2.75, 3.05) is 33.5 Å². The van der Waals surface area contributed by atoms with Crippen LogP contribution >= 0.6 is 0 Å². The second-order valence-corrected chi connectivity index (χ2v) is 10.7. The molecule has 0 aromatic heterocycles. The number of Topliss-reactive ketones (excluding diaryl/α,β-unsaturated/α-hetero) is 1. The Bertz CT molecular complexity index is 859. The molecular weight excluding hydrogens is 462 g/mol. The van der Waals surface area contributed by atoms with Gasteiger partial charge in [-0.3, -0.25) is 14.4 Å². The van der Waals surface area contributed by atoms with Gasteiger partial charge in [0.15, 0.2) is 5.78 Å². The summed E-state index contributed by atoms with van der Waals surface area (Å²) in [6.07, 6.45) is 3.36. The summed E-state index contributed by atoms with van der Waals surface area (Å²) in [7, 11) is 1.58. The highest BCUT2D eigenvalue weighted by Crippen LogP contribution is 2.27. The first-order chi connectivity index (χ1) is 17.0. The van der Waals surface area contributed by atoms with Crippen LogP contribution in [0.5, 0.6) is 5.75 Å². The Morgan fingerprint density at radius 1 is 1.17 bits per heavy atom. The molecule has 0 radical (unpaired) electrons. The van der Waals surface area contributed by atoms with Crippen molar-refractivity contribution in [2.24, 2.45) is 17.3 Å². The van der Waals surface area contributed by atoms with E-state index in [1.54, 1.807) is 36.3 Å². The highest BCUT2D eigenvalue weighted by Gasteiger charge is 2.39. The molecule has 9 heteroatoms. The Labute approximate surface area is 214 Å². The van der Waals surface area contributed by atoms with Crippen LogP contribution in [0.2, 0.25) is 0 Å². The van der Waals surface area contributed by atoms with Gasteiger partial charge in [0.05, 0.1) is 13.0 Å². The van der Waals surface area contributed by atoms with Crippen LogP contribution in [0.4, 0.5) is 0 Å². The number of hydrogen-bond acceptors (Lipinski definition) is 7. The highest BCUT2D eigenvalue weighted by atomic mass is 16.5. The lowest BCUT2D eigenvalue weighted by molar-refractivity contribution is -0.159. The number of aliphatic hydroxyl groups is 1. The predicted octanol–water partition coefficient (Wildman–Crippen LogP) is 3.09. The highest BCUT2D eigenvalue weighted by molar-refractivity contribution is 5.98. The Morgan fingerprint density at radius 2 is 1.78 bits per heavy atom. The van der Waals surface area contributed by atoms with E-state index >= 15 is 0 Å². The monoisotopic (exact) mass is 505 g/mol. The van der Waals surface area contributed by atoms with Crippen LogP contribution in [0.25, 0.3) is 0 Å². The molecule has 1 aromatic carbocycles. The van der Waals surface area contributed by atoms with E-state index in [0.717, 1.165) is 12.8 Å². The van der Waals surface area contributed by atoms with Crippen LogP contribution < -0.4 is 10.1 Å². The normalized spacial score (nSPS) is 16.5. The third-order valence-electron chi connectivity index (χ3n) is 6.82. The molecule has 1 saturated heterocycles. The number of carbonyl (C=O) groups excluding carboxylic acids is 3. The number of ketones is 1. The number of hydrogen-bond donors (Lipinski definition) is 3. The van der Waals surface area contributed by atoms with Gasteiger partial charge in [-0.05, 0) is 48.9 Å². The molecule has 0 unspecified atom stereocenters. The van der Waals surface area contributed by atoms with Gasteiger partial charge in [-0.25, -0.2) is 0 Å². The Hall–Kier alpha value is -2.49. The van der Waals surface area contributed by atoms with Gasteiger partial charge in [-0.2, -0.15) is 5.06 Å².